The van der Waals surface area contributed by atoms with Gasteiger partial charge in [-0.05, 0) is 42.0 Å². The van der Waals surface area contributed by atoms with Gasteiger partial charge in [0.05, 0.1) is 33.9 Å². The van der Waals surface area contributed by atoms with Crippen molar-refractivity contribution in [2.75, 3.05) is 6.61 Å². The Kier molecular flexibility index (Phi) is 12.4. The zero-order valence-electron chi connectivity index (χ0n) is 38.2. The molecule has 19 N–H and O–H groups in total. The number of benzene rings is 6. The lowest BCUT2D eigenvalue weighted by Gasteiger charge is -2.38. The minimum absolute atomic E-state index is 0.0609. The lowest BCUT2D eigenvalue weighted by Crippen LogP contribution is -2.54. The van der Waals surface area contributed by atoms with E-state index in [4.69, 9.17) is 23.7 Å². The van der Waals surface area contributed by atoms with Gasteiger partial charge in [0.15, 0.2) is 75.8 Å². The number of rotatable bonds is 4. The number of phenols is 16. The molecule has 0 saturated heterocycles. The average Bonchev–Trinajstić information content (AvgIpc) is 3.42. The maximum Gasteiger partial charge on any atom is 0.339 e. The second kappa shape index (κ2) is 18.6. The molecule has 0 fully saturated rings. The van der Waals surface area contributed by atoms with Crippen LogP contribution in [0.5, 0.6) is 97.7 Å². The molecular formula is C49H38O28. The topological polar surface area (TPSA) is 499 Å². The molecular weight excluding hydrogens is 1040 g/mol. The Morgan fingerprint density at radius 3 is 1.30 bits per heavy atom. The number of carbonyl (C=O) groups excluding carboxylic acids is 4. The molecule has 0 unspecified atom stereocenters. The molecule has 0 spiro atoms. The van der Waals surface area contributed by atoms with E-state index in [9.17, 15) is 116 Å². The summed E-state index contributed by atoms with van der Waals surface area (Å²) in [5.74, 6) is -28.7. The zero-order chi connectivity index (χ0) is 56.1. The van der Waals surface area contributed by atoms with Crippen molar-refractivity contribution in [3.8, 4) is 120 Å². The van der Waals surface area contributed by atoms with Crippen LogP contribution in [0.25, 0.3) is 22.3 Å². The van der Waals surface area contributed by atoms with Crippen molar-refractivity contribution >= 4 is 23.9 Å². The van der Waals surface area contributed by atoms with Gasteiger partial charge in [0, 0.05) is 40.3 Å². The van der Waals surface area contributed by atoms with Gasteiger partial charge in [-0.25, -0.2) is 19.2 Å². The molecule has 6 aromatic rings. The molecule has 402 valence electrons. The van der Waals surface area contributed by atoms with Gasteiger partial charge in [0.2, 0.25) is 23.0 Å². The molecule has 0 aromatic heterocycles. The van der Waals surface area contributed by atoms with E-state index >= 15 is 0 Å². The van der Waals surface area contributed by atoms with Crippen LogP contribution in [0.15, 0.2) is 48.5 Å². The highest BCUT2D eigenvalue weighted by Crippen LogP contribution is 2.56. The number of aliphatic hydroxyl groups excluding tert-OH is 3. The molecule has 0 amide bonds. The Balaban J connectivity index is 1.27. The van der Waals surface area contributed by atoms with Crippen LogP contribution in [-0.4, -0.2) is 158 Å². The highest BCUT2D eigenvalue weighted by molar-refractivity contribution is 6.10. The van der Waals surface area contributed by atoms with Crippen LogP contribution >= 0.6 is 0 Å². The van der Waals surface area contributed by atoms with Gasteiger partial charge in [-0.1, -0.05) is 6.07 Å². The van der Waals surface area contributed by atoms with E-state index in [-0.39, 0.29) is 5.56 Å². The van der Waals surface area contributed by atoms with E-state index in [1.807, 2.05) is 0 Å². The second-order valence-electron chi connectivity index (χ2n) is 17.5. The van der Waals surface area contributed by atoms with Gasteiger partial charge in [-0.3, -0.25) is 0 Å². The molecule has 28 heteroatoms. The number of hydrogen-bond acceptors (Lipinski definition) is 28. The first-order chi connectivity index (χ1) is 36.2. The van der Waals surface area contributed by atoms with Gasteiger partial charge < -0.3 is 121 Å². The van der Waals surface area contributed by atoms with Gasteiger partial charge >= 0.3 is 23.9 Å². The van der Waals surface area contributed by atoms with Crippen LogP contribution in [-0.2, 0) is 25.4 Å². The van der Waals surface area contributed by atoms with E-state index in [1.54, 1.807) is 0 Å². The van der Waals surface area contributed by atoms with Crippen molar-refractivity contribution in [3.63, 3.8) is 0 Å². The summed E-state index contributed by atoms with van der Waals surface area (Å²) in [6, 6.07) is 5.51. The first kappa shape index (κ1) is 51.6. The van der Waals surface area contributed by atoms with Crippen molar-refractivity contribution in [3.05, 3.63) is 87.5 Å². The third kappa shape index (κ3) is 8.25. The molecule has 7 atom stereocenters. The molecule has 77 heavy (non-hydrogen) atoms. The normalized spacial score (nSPS) is 20.7. The molecule has 0 bridgehead atoms. The maximum atomic E-state index is 14.8. The van der Waals surface area contributed by atoms with Crippen molar-refractivity contribution < 1.29 is 140 Å². The maximum absolute atomic E-state index is 14.8. The Labute approximate surface area is 426 Å². The molecule has 28 nitrogen and oxygen atoms in total. The molecule has 0 aliphatic carbocycles. The Morgan fingerprint density at radius 1 is 0.416 bits per heavy atom. The Bertz CT molecular complexity index is 3550. The monoisotopic (exact) mass is 1070 g/mol. The van der Waals surface area contributed by atoms with Crippen molar-refractivity contribution in [2.24, 2.45) is 0 Å². The number of phenolic OH excluding ortho intramolecular Hbond substituents is 16. The van der Waals surface area contributed by atoms with Gasteiger partial charge in [-0.2, -0.15) is 0 Å². The van der Waals surface area contributed by atoms with Crippen LogP contribution in [0.2, 0.25) is 0 Å². The third-order valence-corrected chi connectivity index (χ3v) is 12.9. The number of aromatic hydroxyl groups is 16. The summed E-state index contributed by atoms with van der Waals surface area (Å²) in [5, 5.41) is 209. The first-order valence-electron chi connectivity index (χ1n) is 22.0. The molecule has 6 aromatic carbocycles. The summed E-state index contributed by atoms with van der Waals surface area (Å²) in [5.41, 5.74) is -10.9. The highest BCUT2D eigenvalue weighted by atomic mass is 16.6. The molecule has 3 aliphatic heterocycles. The van der Waals surface area contributed by atoms with Crippen LogP contribution in [0.3, 0.4) is 0 Å². The summed E-state index contributed by atoms with van der Waals surface area (Å²) in [4.78, 5) is 58.0. The molecule has 0 saturated carbocycles. The van der Waals surface area contributed by atoms with Gasteiger partial charge in [-0.15, -0.1) is 0 Å². The Hall–Kier alpha value is -10.3. The minimum atomic E-state index is -2.96. The van der Waals surface area contributed by atoms with Crippen molar-refractivity contribution in [2.45, 2.75) is 49.1 Å². The number of esters is 4. The van der Waals surface area contributed by atoms with Crippen molar-refractivity contribution in [1.82, 2.24) is 0 Å². The van der Waals surface area contributed by atoms with Crippen LogP contribution in [0, 0.1) is 0 Å². The standard InChI is InChI=1S/C49H38O28/c50-17-2-1-11(3-18(17)51)42-24(57)4-12-26(74-42)9-19(52)31(32(12)59)41(68)44-45(77-49(72)16-8-23(56)36(63)40(67)30(16)29-15(48(71)76-44)7-22(55)35(62)39(29)66)43-25(58)10-73-46(69)13-5-20(53)33(60)37(64)27(13)28-14(47(70)75-43)6-21(54)34(61)38(28)65/h1-3,5-9,24-25,41-45,50-68H,4,10H2/t24-,25-,41-,42-,43-,44+,45+/m1/s1. The minimum Gasteiger partial charge on any atom is -0.507 e. The van der Waals surface area contributed by atoms with E-state index in [0.717, 1.165) is 18.2 Å². The largest absolute Gasteiger partial charge is 0.507 e. The summed E-state index contributed by atoms with van der Waals surface area (Å²) < 4.78 is 28.0. The second-order valence-corrected chi connectivity index (χ2v) is 17.5. The summed E-state index contributed by atoms with van der Waals surface area (Å²) in [6.07, 6.45) is -18.1. The summed E-state index contributed by atoms with van der Waals surface area (Å²) in [6.45, 7) is -1.50. The summed E-state index contributed by atoms with van der Waals surface area (Å²) >= 11 is 0. The summed E-state index contributed by atoms with van der Waals surface area (Å²) in [7, 11) is 0. The third-order valence-electron chi connectivity index (χ3n) is 12.9. The first-order valence-corrected chi connectivity index (χ1v) is 22.0. The zero-order valence-corrected chi connectivity index (χ0v) is 38.2. The fourth-order valence-electron chi connectivity index (χ4n) is 9.11. The Morgan fingerprint density at radius 2 is 0.844 bits per heavy atom. The average molecular weight is 1070 g/mol. The SMILES string of the molecule is O=C1OC[C@@H](O)[C@H]([C@@H]2OC(=O)c3cc(O)c(O)c(O)c3-c3c(cc(O)c(O)c3O)C(=O)O[C@H]2[C@H](O)c2c(O)cc3c(c2O)C[C@@H](O)[C@@H](c2ccc(O)c(O)c2)O3)OC(=O)c2cc(O)c(O)c(O)c2-c2c1cc(O)c(O)c2O. The number of aliphatic hydroxyl groups is 3. The predicted molar refractivity (Wildman–Crippen MR) is 245 cm³/mol. The smallest absolute Gasteiger partial charge is 0.339 e. The molecule has 0 radical (unpaired) electrons. The molecule has 3 aliphatic rings. The van der Waals surface area contributed by atoms with E-state index in [0.29, 0.717) is 24.3 Å². The van der Waals surface area contributed by atoms with Crippen LogP contribution < -0.4 is 4.74 Å². The van der Waals surface area contributed by atoms with E-state index in [1.165, 1.54) is 6.07 Å². The van der Waals surface area contributed by atoms with Gasteiger partial charge in [0.25, 0.3) is 0 Å². The molecule has 9 rings (SSSR count). The lowest BCUT2D eigenvalue weighted by atomic mass is 9.88. The fraction of sp³-hybridized carbons (Fsp3) is 0.184. The number of fused-ring (bicyclic) bond motifs is 7. The van der Waals surface area contributed by atoms with Gasteiger partial charge in [0.1, 0.15) is 42.2 Å². The quantitative estimate of drug-likeness (QED) is 0.0681. The fourth-order valence-corrected chi connectivity index (χ4v) is 9.11. The number of hydrogen-bond donors (Lipinski definition) is 19. The lowest BCUT2D eigenvalue weighted by molar-refractivity contribution is -0.150. The number of ether oxygens (including phenoxy) is 5. The number of cyclic esters (lactones) is 4. The highest BCUT2D eigenvalue weighted by Gasteiger charge is 2.51. The number of carbonyl (C=O) groups is 4. The van der Waals surface area contributed by atoms with Crippen LogP contribution in [0.1, 0.15) is 70.3 Å². The predicted octanol–water partition coefficient (Wildman–Crippen LogP) is 1.90. The van der Waals surface area contributed by atoms with Crippen molar-refractivity contribution in [1.29, 1.82) is 0 Å². The van der Waals surface area contributed by atoms with E-state index < -0.39 is 233 Å². The van der Waals surface area contributed by atoms with E-state index in [2.05, 4.69) is 0 Å². The van der Waals surface area contributed by atoms with Crippen LogP contribution in [0.4, 0.5) is 0 Å². The molecule has 3 heterocycles.